The van der Waals surface area contributed by atoms with E-state index in [0.717, 1.165) is 0 Å². The number of hydrogen-bond acceptors (Lipinski definition) is 4. The second-order valence-corrected chi connectivity index (χ2v) is 5.99. The summed E-state index contributed by atoms with van der Waals surface area (Å²) in [5.41, 5.74) is 1.18. The van der Waals surface area contributed by atoms with Crippen molar-refractivity contribution < 1.29 is 4.92 Å². The van der Waals surface area contributed by atoms with E-state index >= 15 is 0 Å². The van der Waals surface area contributed by atoms with E-state index in [1.165, 1.54) is 28.9 Å². The number of aliphatic imine (C=N–C) groups is 1. The summed E-state index contributed by atoms with van der Waals surface area (Å²) in [5, 5.41) is 13.6. The van der Waals surface area contributed by atoms with Crippen LogP contribution < -0.4 is 5.56 Å². The van der Waals surface area contributed by atoms with Crippen LogP contribution in [0.15, 0.2) is 34.1 Å². The number of benzene rings is 1. The van der Waals surface area contributed by atoms with Gasteiger partial charge in [0.2, 0.25) is 0 Å². The summed E-state index contributed by atoms with van der Waals surface area (Å²) in [4.78, 5) is 27.0. The van der Waals surface area contributed by atoms with Crippen molar-refractivity contribution in [1.29, 1.82) is 0 Å². The zero-order valence-corrected chi connectivity index (χ0v) is 13.0. The van der Waals surface area contributed by atoms with Crippen LogP contribution in [0.1, 0.15) is 32.0 Å². The lowest BCUT2D eigenvalue weighted by atomic mass is 10.1. The Kier molecular flexibility index (Phi) is 3.99. The van der Waals surface area contributed by atoms with E-state index in [1.54, 1.807) is 13.1 Å². The topological polar surface area (TPSA) is 93.3 Å². The maximum Gasteiger partial charge on any atom is 0.280 e. The second-order valence-electron chi connectivity index (χ2n) is 5.99. The fraction of sp³-hybridized carbons (Fsp3) is 0.333. The highest BCUT2D eigenvalue weighted by Crippen LogP contribution is 2.14. The first-order chi connectivity index (χ1) is 10.2. The molecular weight excluding hydrogens is 284 g/mol. The summed E-state index contributed by atoms with van der Waals surface area (Å²) in [7, 11) is 0. The number of hydrogen-bond donors (Lipinski definition) is 1. The molecule has 1 aromatic carbocycles. The van der Waals surface area contributed by atoms with Crippen LogP contribution in [0, 0.1) is 17.0 Å². The minimum atomic E-state index is -0.478. The number of rotatable bonds is 3. The molecule has 0 aliphatic rings. The van der Waals surface area contributed by atoms with Gasteiger partial charge < -0.3 is 0 Å². The number of aromatic amines is 1. The summed E-state index contributed by atoms with van der Waals surface area (Å²) < 4.78 is 1.35. The highest BCUT2D eigenvalue weighted by molar-refractivity contribution is 5.81. The molecule has 0 unspecified atom stereocenters. The van der Waals surface area contributed by atoms with E-state index in [9.17, 15) is 14.9 Å². The van der Waals surface area contributed by atoms with Gasteiger partial charge in [-0.05, 0) is 39.8 Å². The molecule has 2 rings (SSSR count). The Hall–Kier alpha value is -2.70. The number of nitro groups is 1. The maximum absolute atomic E-state index is 12.4. The van der Waals surface area contributed by atoms with Crippen LogP contribution in [0.5, 0.6) is 0 Å². The highest BCUT2D eigenvalue weighted by atomic mass is 16.6. The molecule has 0 fully saturated rings. The van der Waals surface area contributed by atoms with Gasteiger partial charge in [0.25, 0.3) is 11.2 Å². The SMILES string of the molecule is Cc1[nH]n(-c2ccc([N+](=O)[O-])cc2)c(=O)c1C=NC(C)(C)C. The monoisotopic (exact) mass is 302 g/mol. The standard InChI is InChI=1S/C15H18N4O3/c1-10-13(9-16-15(2,3)4)14(20)18(17-10)11-5-7-12(8-6-11)19(21)22/h5-9,17H,1-4H3. The van der Waals surface area contributed by atoms with Crippen LogP contribution in [-0.2, 0) is 0 Å². The van der Waals surface area contributed by atoms with Gasteiger partial charge in [0.15, 0.2) is 0 Å². The minimum absolute atomic E-state index is 0.0189. The van der Waals surface area contributed by atoms with E-state index in [-0.39, 0.29) is 16.8 Å². The molecule has 0 bridgehead atoms. The van der Waals surface area contributed by atoms with Crippen molar-refractivity contribution in [3.63, 3.8) is 0 Å². The van der Waals surface area contributed by atoms with Crippen molar-refractivity contribution in [2.24, 2.45) is 4.99 Å². The van der Waals surface area contributed by atoms with Gasteiger partial charge in [-0.3, -0.25) is 25.0 Å². The van der Waals surface area contributed by atoms with Crippen molar-refractivity contribution in [2.75, 3.05) is 0 Å². The molecule has 22 heavy (non-hydrogen) atoms. The van der Waals surface area contributed by atoms with Gasteiger partial charge in [0.05, 0.1) is 21.7 Å². The number of aryl methyl sites for hydroxylation is 1. The van der Waals surface area contributed by atoms with Gasteiger partial charge in [-0.1, -0.05) is 0 Å². The Bertz CT molecular complexity index is 777. The summed E-state index contributed by atoms with van der Waals surface area (Å²) in [6, 6.07) is 5.78. The number of H-pyrrole nitrogens is 1. The molecule has 0 atom stereocenters. The van der Waals surface area contributed by atoms with Crippen LogP contribution in [-0.4, -0.2) is 26.5 Å². The van der Waals surface area contributed by atoms with E-state index in [4.69, 9.17) is 0 Å². The van der Waals surface area contributed by atoms with E-state index in [2.05, 4.69) is 10.1 Å². The first-order valence-corrected chi connectivity index (χ1v) is 6.81. The Morgan fingerprint density at radius 3 is 2.36 bits per heavy atom. The quantitative estimate of drug-likeness (QED) is 0.536. The third-order valence-corrected chi connectivity index (χ3v) is 3.02. The van der Waals surface area contributed by atoms with Crippen molar-refractivity contribution in [3.8, 4) is 5.69 Å². The third kappa shape index (κ3) is 3.30. The molecule has 0 radical (unpaired) electrons. The second kappa shape index (κ2) is 5.59. The highest BCUT2D eigenvalue weighted by Gasteiger charge is 2.13. The lowest BCUT2D eigenvalue weighted by Gasteiger charge is -2.10. The predicted octanol–water partition coefficient (Wildman–Crippen LogP) is 2.60. The summed E-state index contributed by atoms with van der Waals surface area (Å²) in [6.45, 7) is 7.62. The van der Waals surface area contributed by atoms with E-state index in [0.29, 0.717) is 16.9 Å². The van der Waals surface area contributed by atoms with Crippen molar-refractivity contribution in [1.82, 2.24) is 9.78 Å². The Labute approximate surface area is 127 Å². The molecule has 0 saturated heterocycles. The third-order valence-electron chi connectivity index (χ3n) is 3.02. The normalized spacial score (nSPS) is 12.0. The summed E-state index contributed by atoms with van der Waals surface area (Å²) in [5.74, 6) is 0. The Balaban J connectivity index is 2.44. The molecule has 2 aromatic rings. The molecule has 7 nitrogen and oxygen atoms in total. The molecule has 0 aliphatic carbocycles. The fourth-order valence-corrected chi connectivity index (χ4v) is 1.88. The zero-order valence-electron chi connectivity index (χ0n) is 13.0. The Morgan fingerprint density at radius 2 is 1.86 bits per heavy atom. The van der Waals surface area contributed by atoms with Gasteiger partial charge in [-0.2, -0.15) is 0 Å². The molecule has 1 aromatic heterocycles. The molecule has 0 spiro atoms. The van der Waals surface area contributed by atoms with Gasteiger partial charge in [0.1, 0.15) is 0 Å². The molecule has 0 aliphatic heterocycles. The minimum Gasteiger partial charge on any atom is -0.295 e. The van der Waals surface area contributed by atoms with Crippen LogP contribution in [0.4, 0.5) is 5.69 Å². The van der Waals surface area contributed by atoms with Crippen LogP contribution in [0.25, 0.3) is 5.69 Å². The average Bonchev–Trinajstić information content (AvgIpc) is 2.71. The lowest BCUT2D eigenvalue weighted by molar-refractivity contribution is -0.384. The first kappa shape index (κ1) is 15.7. The van der Waals surface area contributed by atoms with Crippen molar-refractivity contribution >= 4 is 11.9 Å². The van der Waals surface area contributed by atoms with Crippen LogP contribution in [0.3, 0.4) is 0 Å². The number of nitrogens with zero attached hydrogens (tertiary/aromatic N) is 3. The lowest BCUT2D eigenvalue weighted by Crippen LogP contribution is -2.18. The van der Waals surface area contributed by atoms with E-state index in [1.807, 2.05) is 20.8 Å². The molecular formula is C15H18N4O3. The van der Waals surface area contributed by atoms with E-state index < -0.39 is 4.92 Å². The summed E-state index contributed by atoms with van der Waals surface area (Å²) >= 11 is 0. The Morgan fingerprint density at radius 1 is 1.27 bits per heavy atom. The smallest absolute Gasteiger partial charge is 0.280 e. The number of nitro benzene ring substituents is 1. The molecule has 1 heterocycles. The van der Waals surface area contributed by atoms with Crippen LogP contribution in [0.2, 0.25) is 0 Å². The van der Waals surface area contributed by atoms with Gasteiger partial charge in [-0.25, -0.2) is 4.68 Å². The number of nitrogens with one attached hydrogen (secondary N) is 1. The number of aromatic nitrogens is 2. The van der Waals surface area contributed by atoms with Crippen molar-refractivity contribution in [2.45, 2.75) is 33.2 Å². The average molecular weight is 302 g/mol. The molecule has 0 amide bonds. The van der Waals surface area contributed by atoms with Crippen LogP contribution >= 0.6 is 0 Å². The zero-order chi connectivity index (χ0) is 16.5. The molecule has 116 valence electrons. The predicted molar refractivity (Wildman–Crippen MR) is 85.1 cm³/mol. The van der Waals surface area contributed by atoms with Crippen molar-refractivity contribution in [3.05, 3.63) is 56.0 Å². The first-order valence-electron chi connectivity index (χ1n) is 6.81. The van der Waals surface area contributed by atoms with Gasteiger partial charge in [0, 0.05) is 24.0 Å². The molecule has 7 heteroatoms. The molecule has 1 N–H and O–H groups in total. The summed E-state index contributed by atoms with van der Waals surface area (Å²) in [6.07, 6.45) is 1.57. The fourth-order valence-electron chi connectivity index (χ4n) is 1.88. The largest absolute Gasteiger partial charge is 0.295 e. The van der Waals surface area contributed by atoms with Gasteiger partial charge in [-0.15, -0.1) is 0 Å². The molecule has 0 saturated carbocycles. The maximum atomic E-state index is 12.4. The van der Waals surface area contributed by atoms with Gasteiger partial charge >= 0.3 is 0 Å². The number of non-ortho nitro benzene ring substituents is 1.